The standard InChI is InChI=1S/C12H28N4O/c1-4-9-16(10-5-2)12(15-13)14-8-7-11-17-6-3/h4-11,13H2,1-3H3,(H,14,15). The number of rotatable bonds is 9. The summed E-state index contributed by atoms with van der Waals surface area (Å²) in [7, 11) is 0. The first-order valence-electron chi connectivity index (χ1n) is 6.63. The van der Waals surface area contributed by atoms with E-state index in [9.17, 15) is 0 Å². The Bertz CT molecular complexity index is 191. The summed E-state index contributed by atoms with van der Waals surface area (Å²) in [5.74, 6) is 6.32. The van der Waals surface area contributed by atoms with Crippen LogP contribution in [0, 0.1) is 0 Å². The van der Waals surface area contributed by atoms with Gasteiger partial charge in [0.2, 0.25) is 5.96 Å². The van der Waals surface area contributed by atoms with Crippen LogP contribution in [0.2, 0.25) is 0 Å². The van der Waals surface area contributed by atoms with E-state index >= 15 is 0 Å². The van der Waals surface area contributed by atoms with E-state index in [-0.39, 0.29) is 0 Å². The third-order valence-electron chi connectivity index (χ3n) is 2.33. The fourth-order valence-electron chi connectivity index (χ4n) is 1.60. The lowest BCUT2D eigenvalue weighted by molar-refractivity contribution is 0.146. The van der Waals surface area contributed by atoms with E-state index in [0.29, 0.717) is 0 Å². The lowest BCUT2D eigenvalue weighted by Crippen LogP contribution is -2.45. The first kappa shape index (κ1) is 16.2. The van der Waals surface area contributed by atoms with Crippen molar-refractivity contribution in [1.29, 1.82) is 0 Å². The maximum atomic E-state index is 5.52. The summed E-state index contributed by atoms with van der Waals surface area (Å²) in [6, 6.07) is 0. The molecule has 0 radical (unpaired) electrons. The van der Waals surface area contributed by atoms with Gasteiger partial charge in [0.1, 0.15) is 0 Å². The van der Waals surface area contributed by atoms with Crippen molar-refractivity contribution in [3.8, 4) is 0 Å². The second-order valence-corrected chi connectivity index (χ2v) is 3.89. The summed E-state index contributed by atoms with van der Waals surface area (Å²) in [6.45, 7) is 10.6. The summed E-state index contributed by atoms with van der Waals surface area (Å²) in [6.07, 6.45) is 3.13. The molecule has 0 aromatic heterocycles. The van der Waals surface area contributed by atoms with Crippen molar-refractivity contribution in [2.24, 2.45) is 10.8 Å². The van der Waals surface area contributed by atoms with Crippen LogP contribution in [0.3, 0.4) is 0 Å². The average Bonchev–Trinajstić information content (AvgIpc) is 2.34. The molecule has 0 rings (SSSR count). The zero-order valence-electron chi connectivity index (χ0n) is 11.5. The first-order chi connectivity index (χ1) is 8.29. The molecule has 0 atom stereocenters. The summed E-state index contributed by atoms with van der Waals surface area (Å²) < 4.78 is 5.27. The highest BCUT2D eigenvalue weighted by Crippen LogP contribution is 1.96. The smallest absolute Gasteiger partial charge is 0.208 e. The van der Waals surface area contributed by atoms with Gasteiger partial charge in [-0.15, -0.1) is 0 Å². The number of aliphatic imine (C=N–C) groups is 1. The predicted molar refractivity (Wildman–Crippen MR) is 72.9 cm³/mol. The van der Waals surface area contributed by atoms with Crippen LogP contribution in [0.15, 0.2) is 4.99 Å². The summed E-state index contributed by atoms with van der Waals surface area (Å²) >= 11 is 0. The lowest BCUT2D eigenvalue weighted by atomic mass is 10.3. The van der Waals surface area contributed by atoms with Gasteiger partial charge in [-0.05, 0) is 26.2 Å². The van der Waals surface area contributed by atoms with Crippen LogP contribution >= 0.6 is 0 Å². The highest BCUT2D eigenvalue weighted by atomic mass is 16.5. The van der Waals surface area contributed by atoms with Gasteiger partial charge in [-0.3, -0.25) is 10.4 Å². The Morgan fingerprint density at radius 2 is 1.88 bits per heavy atom. The number of nitrogens with one attached hydrogen (secondary N) is 1. The molecule has 0 aromatic rings. The monoisotopic (exact) mass is 244 g/mol. The van der Waals surface area contributed by atoms with Crippen molar-refractivity contribution >= 4 is 5.96 Å². The van der Waals surface area contributed by atoms with E-state index in [1.807, 2.05) is 6.92 Å². The van der Waals surface area contributed by atoms with Crippen molar-refractivity contribution in [1.82, 2.24) is 10.3 Å². The van der Waals surface area contributed by atoms with E-state index in [0.717, 1.165) is 58.1 Å². The number of ether oxygens (including phenoxy) is 1. The van der Waals surface area contributed by atoms with Crippen LogP contribution in [0.5, 0.6) is 0 Å². The topological polar surface area (TPSA) is 62.9 Å². The van der Waals surface area contributed by atoms with Crippen molar-refractivity contribution in [2.75, 3.05) is 32.8 Å². The van der Waals surface area contributed by atoms with Gasteiger partial charge in [0.15, 0.2) is 0 Å². The van der Waals surface area contributed by atoms with Crippen LogP contribution < -0.4 is 11.3 Å². The van der Waals surface area contributed by atoms with Gasteiger partial charge in [-0.25, -0.2) is 5.84 Å². The maximum Gasteiger partial charge on any atom is 0.208 e. The Labute approximate surface area is 105 Å². The molecular formula is C12H28N4O. The molecule has 0 fully saturated rings. The number of nitrogens with two attached hydrogens (primary N) is 1. The molecule has 0 spiro atoms. The summed E-state index contributed by atoms with van der Waals surface area (Å²) in [5, 5.41) is 0. The predicted octanol–water partition coefficient (Wildman–Crippen LogP) is 1.35. The van der Waals surface area contributed by atoms with Crippen molar-refractivity contribution < 1.29 is 4.74 Å². The maximum absolute atomic E-state index is 5.52. The average molecular weight is 244 g/mol. The van der Waals surface area contributed by atoms with Crippen LogP contribution in [-0.2, 0) is 4.74 Å². The molecule has 0 aliphatic heterocycles. The second-order valence-electron chi connectivity index (χ2n) is 3.89. The molecule has 17 heavy (non-hydrogen) atoms. The molecule has 0 amide bonds. The Balaban J connectivity index is 4.09. The summed E-state index contributed by atoms with van der Waals surface area (Å²) in [5.41, 5.74) is 2.70. The molecule has 0 aromatic carbocycles. The Morgan fingerprint density at radius 1 is 1.24 bits per heavy atom. The third kappa shape index (κ3) is 7.99. The highest BCUT2D eigenvalue weighted by Gasteiger charge is 2.07. The quantitative estimate of drug-likeness (QED) is 0.211. The Kier molecular flexibility index (Phi) is 11.1. The minimum atomic E-state index is 0.753. The summed E-state index contributed by atoms with van der Waals surface area (Å²) in [4.78, 5) is 6.67. The van der Waals surface area contributed by atoms with Crippen molar-refractivity contribution in [3.05, 3.63) is 0 Å². The van der Waals surface area contributed by atoms with Gasteiger partial charge >= 0.3 is 0 Å². The number of hydrogen-bond acceptors (Lipinski definition) is 3. The molecule has 0 heterocycles. The second kappa shape index (κ2) is 11.7. The largest absolute Gasteiger partial charge is 0.382 e. The number of hydrogen-bond donors (Lipinski definition) is 2. The molecule has 0 aliphatic carbocycles. The minimum absolute atomic E-state index is 0.753. The zero-order chi connectivity index (χ0) is 12.9. The Morgan fingerprint density at radius 3 is 2.35 bits per heavy atom. The molecule has 0 bridgehead atoms. The van der Waals surface area contributed by atoms with Crippen LogP contribution in [0.25, 0.3) is 0 Å². The van der Waals surface area contributed by atoms with Gasteiger partial charge in [0.05, 0.1) is 0 Å². The zero-order valence-corrected chi connectivity index (χ0v) is 11.5. The number of nitrogens with zero attached hydrogens (tertiary/aromatic N) is 2. The molecule has 3 N–H and O–H groups in total. The van der Waals surface area contributed by atoms with E-state index in [4.69, 9.17) is 10.6 Å². The SMILES string of the molecule is CCCN(CCC)C(=NCCCOCC)NN. The molecule has 0 aliphatic rings. The van der Waals surface area contributed by atoms with E-state index in [1.54, 1.807) is 0 Å². The van der Waals surface area contributed by atoms with Crippen LogP contribution in [0.1, 0.15) is 40.0 Å². The van der Waals surface area contributed by atoms with Gasteiger partial charge < -0.3 is 9.64 Å². The normalized spacial score (nSPS) is 11.6. The van der Waals surface area contributed by atoms with Crippen LogP contribution in [0.4, 0.5) is 0 Å². The van der Waals surface area contributed by atoms with Gasteiger partial charge in [0.25, 0.3) is 0 Å². The van der Waals surface area contributed by atoms with Crippen molar-refractivity contribution in [2.45, 2.75) is 40.0 Å². The van der Waals surface area contributed by atoms with Crippen LogP contribution in [-0.4, -0.2) is 43.7 Å². The van der Waals surface area contributed by atoms with Gasteiger partial charge in [-0.2, -0.15) is 0 Å². The molecule has 0 unspecified atom stereocenters. The van der Waals surface area contributed by atoms with Gasteiger partial charge in [0, 0.05) is 32.8 Å². The minimum Gasteiger partial charge on any atom is -0.382 e. The lowest BCUT2D eigenvalue weighted by Gasteiger charge is -2.24. The molecule has 0 saturated carbocycles. The van der Waals surface area contributed by atoms with Gasteiger partial charge in [-0.1, -0.05) is 13.8 Å². The Hall–Kier alpha value is -0.810. The number of guanidine groups is 1. The first-order valence-corrected chi connectivity index (χ1v) is 6.63. The van der Waals surface area contributed by atoms with E-state index in [2.05, 4.69) is 29.2 Å². The molecule has 0 saturated heterocycles. The molecular weight excluding hydrogens is 216 g/mol. The van der Waals surface area contributed by atoms with E-state index in [1.165, 1.54) is 0 Å². The molecule has 102 valence electrons. The highest BCUT2D eigenvalue weighted by molar-refractivity contribution is 5.79. The third-order valence-corrected chi connectivity index (χ3v) is 2.33. The van der Waals surface area contributed by atoms with E-state index < -0.39 is 0 Å². The molecule has 5 heteroatoms. The van der Waals surface area contributed by atoms with Crippen molar-refractivity contribution in [3.63, 3.8) is 0 Å². The fourth-order valence-corrected chi connectivity index (χ4v) is 1.60. The fraction of sp³-hybridized carbons (Fsp3) is 0.917. The number of hydrazine groups is 1. The molecule has 5 nitrogen and oxygen atoms in total.